The number of amides is 1. The lowest BCUT2D eigenvalue weighted by Gasteiger charge is -2.22. The van der Waals surface area contributed by atoms with Gasteiger partial charge in [0, 0.05) is 18.7 Å². The molecule has 0 spiro atoms. The molecule has 0 fully saturated rings. The van der Waals surface area contributed by atoms with Crippen molar-refractivity contribution in [1.82, 2.24) is 14.3 Å². The van der Waals surface area contributed by atoms with E-state index < -0.39 is 0 Å². The topological polar surface area (TPSA) is 37.6 Å². The summed E-state index contributed by atoms with van der Waals surface area (Å²) >= 11 is 0. The van der Waals surface area contributed by atoms with Crippen molar-refractivity contribution in [1.29, 1.82) is 0 Å². The number of hydrogen-bond donors (Lipinski definition) is 0. The number of fused-ring (bicyclic) bond motifs is 1. The Morgan fingerprint density at radius 3 is 2.89 bits per heavy atom. The zero-order valence-corrected chi connectivity index (χ0v) is 11.1. The first-order valence-electron chi connectivity index (χ1n) is 6.33. The quantitative estimate of drug-likeness (QED) is 0.829. The molecule has 0 N–H and O–H groups in total. The fourth-order valence-electron chi connectivity index (χ4n) is 2.01. The highest BCUT2D eigenvalue weighted by Crippen LogP contribution is 2.11. The first kappa shape index (κ1) is 12.6. The molecule has 0 aliphatic heterocycles. The fraction of sp³-hybridized carbons (Fsp3) is 0.429. The highest BCUT2D eigenvalue weighted by Gasteiger charge is 2.17. The predicted molar refractivity (Wildman–Crippen MR) is 71.1 cm³/mol. The number of aromatic nitrogens is 2. The Morgan fingerprint density at radius 1 is 1.44 bits per heavy atom. The summed E-state index contributed by atoms with van der Waals surface area (Å²) in [4.78, 5) is 18.2. The van der Waals surface area contributed by atoms with Crippen molar-refractivity contribution in [3.63, 3.8) is 0 Å². The molecule has 0 atom stereocenters. The van der Waals surface area contributed by atoms with Crippen LogP contribution in [0.15, 0.2) is 30.6 Å². The van der Waals surface area contributed by atoms with E-state index in [1.807, 2.05) is 60.7 Å². The molecule has 2 heterocycles. The Bertz CT molecular complexity index is 545. The van der Waals surface area contributed by atoms with Crippen LogP contribution in [-0.4, -0.2) is 26.7 Å². The first-order chi connectivity index (χ1) is 8.63. The summed E-state index contributed by atoms with van der Waals surface area (Å²) in [6.07, 6.45) is 3.82. The maximum absolute atomic E-state index is 12.0. The zero-order valence-electron chi connectivity index (χ0n) is 11.1. The standard InChI is InChI=1S/C14H19N3O/c1-4-16(14(18)11(2)3)10-12-9-15-13-7-5-6-8-17(12)13/h5-9,11H,4,10H2,1-3H3. The lowest BCUT2D eigenvalue weighted by Crippen LogP contribution is -2.33. The summed E-state index contributed by atoms with van der Waals surface area (Å²) < 4.78 is 2.02. The second-order valence-corrected chi connectivity index (χ2v) is 4.69. The van der Waals surface area contributed by atoms with Gasteiger partial charge < -0.3 is 9.30 Å². The van der Waals surface area contributed by atoms with Gasteiger partial charge in [-0.2, -0.15) is 0 Å². The van der Waals surface area contributed by atoms with Crippen molar-refractivity contribution < 1.29 is 4.79 Å². The van der Waals surface area contributed by atoms with Gasteiger partial charge in [-0.25, -0.2) is 4.98 Å². The highest BCUT2D eigenvalue weighted by atomic mass is 16.2. The average molecular weight is 245 g/mol. The van der Waals surface area contributed by atoms with E-state index in [2.05, 4.69) is 4.98 Å². The number of carbonyl (C=O) groups excluding carboxylic acids is 1. The van der Waals surface area contributed by atoms with Crippen LogP contribution < -0.4 is 0 Å². The molecule has 96 valence electrons. The summed E-state index contributed by atoms with van der Waals surface area (Å²) in [6, 6.07) is 5.89. The molecular formula is C14H19N3O. The molecule has 0 saturated carbocycles. The van der Waals surface area contributed by atoms with Crippen LogP contribution in [0.2, 0.25) is 0 Å². The second kappa shape index (κ2) is 5.21. The summed E-state index contributed by atoms with van der Waals surface area (Å²) in [7, 11) is 0. The molecule has 4 heteroatoms. The molecule has 0 bridgehead atoms. The summed E-state index contributed by atoms with van der Waals surface area (Å²) in [6.45, 7) is 7.19. The highest BCUT2D eigenvalue weighted by molar-refractivity contribution is 5.78. The van der Waals surface area contributed by atoms with Gasteiger partial charge in [0.1, 0.15) is 5.65 Å². The maximum Gasteiger partial charge on any atom is 0.225 e. The number of pyridine rings is 1. The van der Waals surface area contributed by atoms with E-state index in [1.165, 1.54) is 0 Å². The van der Waals surface area contributed by atoms with Gasteiger partial charge in [0.25, 0.3) is 0 Å². The van der Waals surface area contributed by atoms with Crippen molar-refractivity contribution in [2.45, 2.75) is 27.3 Å². The molecule has 0 aliphatic rings. The van der Waals surface area contributed by atoms with Crippen LogP contribution in [0.25, 0.3) is 5.65 Å². The smallest absolute Gasteiger partial charge is 0.225 e. The minimum absolute atomic E-state index is 0.0316. The minimum Gasteiger partial charge on any atom is -0.337 e. The van der Waals surface area contributed by atoms with Crippen LogP contribution >= 0.6 is 0 Å². The monoisotopic (exact) mass is 245 g/mol. The largest absolute Gasteiger partial charge is 0.337 e. The molecule has 0 saturated heterocycles. The van der Waals surface area contributed by atoms with Crippen LogP contribution in [-0.2, 0) is 11.3 Å². The molecule has 4 nitrogen and oxygen atoms in total. The first-order valence-corrected chi connectivity index (χ1v) is 6.33. The van der Waals surface area contributed by atoms with Gasteiger partial charge in [-0.05, 0) is 19.1 Å². The molecule has 2 aromatic heterocycles. The number of hydrogen-bond acceptors (Lipinski definition) is 2. The molecule has 0 radical (unpaired) electrons. The molecule has 0 unspecified atom stereocenters. The normalized spacial score (nSPS) is 11.1. The van der Waals surface area contributed by atoms with E-state index in [4.69, 9.17) is 0 Å². The third-order valence-corrected chi connectivity index (χ3v) is 3.03. The Kier molecular flexibility index (Phi) is 3.65. The molecule has 0 aromatic carbocycles. The average Bonchev–Trinajstić information content (AvgIpc) is 2.78. The van der Waals surface area contributed by atoms with Gasteiger partial charge in [-0.1, -0.05) is 19.9 Å². The Balaban J connectivity index is 2.24. The zero-order chi connectivity index (χ0) is 13.1. The third kappa shape index (κ3) is 2.37. The molecule has 2 aromatic rings. The third-order valence-electron chi connectivity index (χ3n) is 3.03. The van der Waals surface area contributed by atoms with E-state index in [0.29, 0.717) is 6.54 Å². The lowest BCUT2D eigenvalue weighted by molar-refractivity contribution is -0.134. The Morgan fingerprint density at radius 2 is 2.22 bits per heavy atom. The van der Waals surface area contributed by atoms with Gasteiger partial charge in [-0.15, -0.1) is 0 Å². The van der Waals surface area contributed by atoms with Gasteiger partial charge in [0.2, 0.25) is 5.91 Å². The van der Waals surface area contributed by atoms with Gasteiger partial charge in [-0.3, -0.25) is 4.79 Å². The van der Waals surface area contributed by atoms with E-state index in [-0.39, 0.29) is 11.8 Å². The number of nitrogens with zero attached hydrogens (tertiary/aromatic N) is 3. The molecule has 18 heavy (non-hydrogen) atoms. The summed E-state index contributed by atoms with van der Waals surface area (Å²) in [5.74, 6) is 0.215. The van der Waals surface area contributed by atoms with E-state index >= 15 is 0 Å². The van der Waals surface area contributed by atoms with Crippen molar-refractivity contribution in [3.8, 4) is 0 Å². The summed E-state index contributed by atoms with van der Waals surface area (Å²) in [5.41, 5.74) is 1.96. The maximum atomic E-state index is 12.0. The molecule has 0 aliphatic carbocycles. The van der Waals surface area contributed by atoms with E-state index in [0.717, 1.165) is 17.9 Å². The number of imidazole rings is 1. The molecule has 1 amide bonds. The van der Waals surface area contributed by atoms with Crippen molar-refractivity contribution in [2.24, 2.45) is 5.92 Å². The van der Waals surface area contributed by atoms with Gasteiger partial charge in [0.15, 0.2) is 0 Å². The Labute approximate surface area is 107 Å². The van der Waals surface area contributed by atoms with E-state index in [9.17, 15) is 4.79 Å². The Hall–Kier alpha value is -1.84. The van der Waals surface area contributed by atoms with Crippen molar-refractivity contribution >= 4 is 11.6 Å². The number of carbonyl (C=O) groups is 1. The van der Waals surface area contributed by atoms with Crippen LogP contribution in [0.3, 0.4) is 0 Å². The SMILES string of the molecule is CCN(Cc1cnc2ccccn12)C(=O)C(C)C. The van der Waals surface area contributed by atoms with Crippen molar-refractivity contribution in [3.05, 3.63) is 36.3 Å². The van der Waals surface area contributed by atoms with Crippen LogP contribution in [0.1, 0.15) is 26.5 Å². The summed E-state index contributed by atoms with van der Waals surface area (Å²) in [5, 5.41) is 0. The van der Waals surface area contributed by atoms with Crippen LogP contribution in [0.5, 0.6) is 0 Å². The molecule has 2 rings (SSSR count). The van der Waals surface area contributed by atoms with Crippen molar-refractivity contribution in [2.75, 3.05) is 6.54 Å². The lowest BCUT2D eigenvalue weighted by atomic mass is 10.2. The van der Waals surface area contributed by atoms with E-state index in [1.54, 1.807) is 0 Å². The minimum atomic E-state index is 0.0316. The second-order valence-electron chi connectivity index (χ2n) is 4.69. The fourth-order valence-corrected chi connectivity index (χ4v) is 2.01. The van der Waals surface area contributed by atoms with Crippen LogP contribution in [0.4, 0.5) is 0 Å². The number of rotatable bonds is 4. The van der Waals surface area contributed by atoms with Gasteiger partial charge in [0.05, 0.1) is 18.4 Å². The van der Waals surface area contributed by atoms with Gasteiger partial charge >= 0.3 is 0 Å². The van der Waals surface area contributed by atoms with Crippen LogP contribution in [0, 0.1) is 5.92 Å². The molecular weight excluding hydrogens is 226 g/mol. The predicted octanol–water partition coefficient (Wildman–Crippen LogP) is 2.34.